The van der Waals surface area contributed by atoms with Crippen molar-refractivity contribution in [1.82, 2.24) is 10.2 Å². The Bertz CT molecular complexity index is 663. The molecule has 1 aromatic heterocycles. The van der Waals surface area contributed by atoms with Crippen LogP contribution >= 0.6 is 0 Å². The molecule has 1 aromatic carbocycles. The third kappa shape index (κ3) is 2.49. The van der Waals surface area contributed by atoms with Crippen molar-refractivity contribution >= 4 is 28.5 Å². The summed E-state index contributed by atoms with van der Waals surface area (Å²) in [4.78, 5) is 21.5. The number of H-pyrrole nitrogens is 1. The number of aromatic carboxylic acids is 1. The molecular weight excluding hydrogens is 267 g/mol. The molecule has 0 fully saturated rings. The molecule has 0 spiro atoms. The Hall–Kier alpha value is -2.58. The average molecular weight is 273 g/mol. The van der Waals surface area contributed by atoms with E-state index in [1.54, 1.807) is 5.32 Å². The molecule has 19 heavy (non-hydrogen) atoms. The molecule has 9 heteroatoms. The van der Waals surface area contributed by atoms with Crippen molar-refractivity contribution in [2.75, 3.05) is 5.32 Å². The van der Waals surface area contributed by atoms with Crippen molar-refractivity contribution in [3.8, 4) is 0 Å². The number of halogens is 3. The van der Waals surface area contributed by atoms with Crippen molar-refractivity contribution in [2.24, 2.45) is 0 Å². The Labute approximate surface area is 103 Å². The first kappa shape index (κ1) is 12.9. The van der Waals surface area contributed by atoms with Gasteiger partial charge in [0.15, 0.2) is 5.69 Å². The number of alkyl halides is 3. The maximum Gasteiger partial charge on any atom is 0.471 e. The summed E-state index contributed by atoms with van der Waals surface area (Å²) in [5.74, 6) is -3.37. The minimum absolute atomic E-state index is 0.115. The van der Waals surface area contributed by atoms with E-state index >= 15 is 0 Å². The van der Waals surface area contributed by atoms with E-state index in [9.17, 15) is 22.8 Å². The lowest BCUT2D eigenvalue weighted by atomic mass is 10.2. The van der Waals surface area contributed by atoms with Crippen molar-refractivity contribution < 1.29 is 27.9 Å². The van der Waals surface area contributed by atoms with Crippen molar-refractivity contribution in [3.05, 3.63) is 23.9 Å². The van der Waals surface area contributed by atoms with E-state index in [2.05, 4.69) is 10.2 Å². The Morgan fingerprint density at radius 3 is 2.58 bits per heavy atom. The Kier molecular flexibility index (Phi) is 2.89. The lowest BCUT2D eigenvalue weighted by molar-refractivity contribution is -0.167. The van der Waals surface area contributed by atoms with Gasteiger partial charge in [-0.3, -0.25) is 9.89 Å². The smallest absolute Gasteiger partial charge is 0.471 e. The third-order valence-electron chi connectivity index (χ3n) is 2.28. The monoisotopic (exact) mass is 273 g/mol. The van der Waals surface area contributed by atoms with Crippen LogP contribution < -0.4 is 5.32 Å². The van der Waals surface area contributed by atoms with Crippen LogP contribution in [0.4, 0.5) is 18.9 Å². The standard InChI is InChI=1S/C10H6F3N3O3/c11-10(12,13)9(19)14-4-1-2-5-6(3-4)15-16-7(5)8(17)18/h1-3H,(H,14,19)(H,15,16)(H,17,18). The largest absolute Gasteiger partial charge is 0.476 e. The first-order valence-corrected chi connectivity index (χ1v) is 4.88. The van der Waals surface area contributed by atoms with Crippen molar-refractivity contribution in [3.63, 3.8) is 0 Å². The molecule has 0 aliphatic heterocycles. The number of hydrogen-bond acceptors (Lipinski definition) is 3. The number of anilines is 1. The van der Waals surface area contributed by atoms with E-state index in [1.807, 2.05) is 0 Å². The van der Waals surface area contributed by atoms with Gasteiger partial charge in [0.2, 0.25) is 0 Å². The van der Waals surface area contributed by atoms with Gasteiger partial charge in [-0.05, 0) is 18.2 Å². The molecule has 0 unspecified atom stereocenters. The number of rotatable bonds is 2. The summed E-state index contributed by atoms with van der Waals surface area (Å²) in [5.41, 5.74) is -0.156. The number of benzene rings is 1. The van der Waals surface area contributed by atoms with Crippen LogP contribution in [0, 0.1) is 0 Å². The molecule has 1 heterocycles. The number of aromatic amines is 1. The molecule has 0 saturated carbocycles. The summed E-state index contributed by atoms with van der Waals surface area (Å²) >= 11 is 0. The quantitative estimate of drug-likeness (QED) is 0.777. The summed E-state index contributed by atoms with van der Waals surface area (Å²) in [6.07, 6.45) is -4.99. The van der Waals surface area contributed by atoms with Crippen LogP contribution in [0.2, 0.25) is 0 Å². The first-order chi connectivity index (χ1) is 8.79. The summed E-state index contributed by atoms with van der Waals surface area (Å²) in [7, 11) is 0. The fourth-order valence-corrected chi connectivity index (χ4v) is 1.46. The molecule has 0 bridgehead atoms. The van der Waals surface area contributed by atoms with Crippen molar-refractivity contribution in [2.45, 2.75) is 6.18 Å². The fourth-order valence-electron chi connectivity index (χ4n) is 1.46. The van der Waals surface area contributed by atoms with Crippen molar-refractivity contribution in [1.29, 1.82) is 0 Å². The number of amides is 1. The Morgan fingerprint density at radius 2 is 2.00 bits per heavy atom. The van der Waals surface area contributed by atoms with Gasteiger partial charge in [0.05, 0.1) is 5.52 Å². The first-order valence-electron chi connectivity index (χ1n) is 4.88. The van der Waals surface area contributed by atoms with Gasteiger partial charge in [-0.25, -0.2) is 4.79 Å². The predicted octanol–water partition coefficient (Wildman–Crippen LogP) is 1.76. The normalized spacial score (nSPS) is 11.5. The number of hydrogen-bond donors (Lipinski definition) is 3. The molecule has 100 valence electrons. The van der Waals surface area contributed by atoms with Crippen LogP contribution in [0.15, 0.2) is 18.2 Å². The van der Waals surface area contributed by atoms with E-state index < -0.39 is 18.1 Å². The van der Waals surface area contributed by atoms with E-state index in [0.717, 1.165) is 6.07 Å². The zero-order valence-corrected chi connectivity index (χ0v) is 9.08. The lowest BCUT2D eigenvalue weighted by Crippen LogP contribution is -2.29. The number of carbonyl (C=O) groups is 2. The predicted molar refractivity (Wildman–Crippen MR) is 57.7 cm³/mol. The highest BCUT2D eigenvalue weighted by atomic mass is 19.4. The molecule has 2 rings (SSSR count). The number of nitrogens with one attached hydrogen (secondary N) is 2. The molecule has 0 atom stereocenters. The number of carbonyl (C=O) groups excluding carboxylic acids is 1. The van der Waals surface area contributed by atoms with Gasteiger partial charge in [-0.1, -0.05) is 0 Å². The maximum absolute atomic E-state index is 12.0. The minimum atomic E-state index is -4.99. The van der Waals surface area contributed by atoms with Crippen LogP contribution in [0.25, 0.3) is 10.9 Å². The van der Waals surface area contributed by atoms with Gasteiger partial charge >= 0.3 is 18.1 Å². The summed E-state index contributed by atoms with van der Waals surface area (Å²) in [6.45, 7) is 0. The molecule has 2 aromatic rings. The topological polar surface area (TPSA) is 95.1 Å². The number of nitrogens with zero attached hydrogens (tertiary/aromatic N) is 1. The molecule has 1 amide bonds. The highest BCUT2D eigenvalue weighted by molar-refractivity contribution is 6.03. The van der Waals surface area contributed by atoms with E-state index in [1.165, 1.54) is 12.1 Å². The van der Waals surface area contributed by atoms with Crippen LogP contribution in [0.1, 0.15) is 10.5 Å². The average Bonchev–Trinajstić information content (AvgIpc) is 2.70. The third-order valence-corrected chi connectivity index (χ3v) is 2.28. The second kappa shape index (κ2) is 4.26. The number of carboxylic acid groups (broad SMARTS) is 1. The molecule has 0 aliphatic carbocycles. The maximum atomic E-state index is 12.0. The van der Waals surface area contributed by atoms with E-state index in [-0.39, 0.29) is 22.3 Å². The second-order valence-corrected chi connectivity index (χ2v) is 3.59. The van der Waals surface area contributed by atoms with Gasteiger partial charge < -0.3 is 10.4 Å². The number of carboxylic acids is 1. The molecule has 6 nitrogen and oxygen atoms in total. The van der Waals surface area contributed by atoms with E-state index in [4.69, 9.17) is 5.11 Å². The Balaban J connectivity index is 2.33. The minimum Gasteiger partial charge on any atom is -0.476 e. The SMILES string of the molecule is O=C(O)c1n[nH]c2cc(NC(=O)C(F)(F)F)ccc12. The van der Waals surface area contributed by atoms with Crippen LogP contribution in [-0.4, -0.2) is 33.4 Å². The zero-order chi connectivity index (χ0) is 14.2. The number of fused-ring (bicyclic) bond motifs is 1. The van der Waals surface area contributed by atoms with Gasteiger partial charge in [-0.15, -0.1) is 0 Å². The van der Waals surface area contributed by atoms with Crippen LogP contribution in [0.5, 0.6) is 0 Å². The molecule has 0 saturated heterocycles. The van der Waals surface area contributed by atoms with Gasteiger partial charge in [0, 0.05) is 11.1 Å². The zero-order valence-electron chi connectivity index (χ0n) is 9.08. The molecule has 3 N–H and O–H groups in total. The summed E-state index contributed by atoms with van der Waals surface area (Å²) < 4.78 is 36.1. The van der Waals surface area contributed by atoms with Crippen LogP contribution in [0.3, 0.4) is 0 Å². The van der Waals surface area contributed by atoms with Gasteiger partial charge in [0.25, 0.3) is 0 Å². The summed E-state index contributed by atoms with van der Waals surface area (Å²) in [6, 6.07) is 3.58. The van der Waals surface area contributed by atoms with Gasteiger partial charge in [0.1, 0.15) is 0 Å². The molecular formula is C10H6F3N3O3. The fraction of sp³-hybridized carbons (Fsp3) is 0.100. The second-order valence-electron chi connectivity index (χ2n) is 3.59. The van der Waals surface area contributed by atoms with Crippen LogP contribution in [-0.2, 0) is 4.79 Å². The Morgan fingerprint density at radius 1 is 1.32 bits per heavy atom. The molecule has 0 radical (unpaired) electrons. The van der Waals surface area contributed by atoms with E-state index in [0.29, 0.717) is 0 Å². The van der Waals surface area contributed by atoms with Gasteiger partial charge in [-0.2, -0.15) is 18.3 Å². The highest BCUT2D eigenvalue weighted by Crippen LogP contribution is 2.22. The molecule has 0 aliphatic rings. The number of aromatic nitrogens is 2. The lowest BCUT2D eigenvalue weighted by Gasteiger charge is -2.07. The summed E-state index contributed by atoms with van der Waals surface area (Å²) in [5, 5.41) is 16.5. The highest BCUT2D eigenvalue weighted by Gasteiger charge is 2.38.